The minimum absolute atomic E-state index is 0.144. The van der Waals surface area contributed by atoms with Crippen molar-refractivity contribution in [2.24, 2.45) is 29.1 Å². The fraction of sp³-hybridized carbons (Fsp3) is 0.741. The van der Waals surface area contributed by atoms with Gasteiger partial charge in [0.25, 0.3) is 0 Å². The van der Waals surface area contributed by atoms with E-state index in [-0.39, 0.29) is 17.1 Å². The molecule has 0 radical (unpaired) electrons. The summed E-state index contributed by atoms with van der Waals surface area (Å²) in [5, 5.41) is 25.2. The third kappa shape index (κ3) is 3.28. The van der Waals surface area contributed by atoms with Crippen LogP contribution in [0.5, 0.6) is 5.75 Å². The number of aromatic hydroxyl groups is 1. The number of benzene rings is 1. The van der Waals surface area contributed by atoms with E-state index in [0.717, 1.165) is 32.2 Å². The second-order valence-electron chi connectivity index (χ2n) is 11.3. The Kier molecular flexibility index (Phi) is 5.45. The van der Waals surface area contributed by atoms with Crippen molar-refractivity contribution in [3.8, 4) is 5.75 Å². The van der Waals surface area contributed by atoms with Crippen molar-refractivity contribution in [3.05, 3.63) is 29.3 Å². The highest BCUT2D eigenvalue weighted by molar-refractivity contribution is 5.83. The average Bonchev–Trinajstić information content (AvgIpc) is 3.14. The van der Waals surface area contributed by atoms with Crippen LogP contribution in [0.4, 0.5) is 0 Å². The van der Waals surface area contributed by atoms with E-state index >= 15 is 0 Å². The molecular formula is C27H39NO3. The molecule has 0 bridgehead atoms. The van der Waals surface area contributed by atoms with E-state index < -0.39 is 5.60 Å². The van der Waals surface area contributed by atoms with Gasteiger partial charge in [0, 0.05) is 18.3 Å². The molecule has 4 nitrogen and oxygen atoms in total. The number of rotatable bonds is 6. The lowest BCUT2D eigenvalue weighted by molar-refractivity contribution is -0.135. The number of fused-ring (bicyclic) bond motifs is 7. The van der Waals surface area contributed by atoms with Gasteiger partial charge in [-0.1, -0.05) is 25.8 Å². The molecule has 31 heavy (non-hydrogen) atoms. The fourth-order valence-corrected chi connectivity index (χ4v) is 8.53. The van der Waals surface area contributed by atoms with Crippen molar-refractivity contribution in [1.29, 1.82) is 0 Å². The highest BCUT2D eigenvalue weighted by Gasteiger charge is 2.69. The lowest BCUT2D eigenvalue weighted by Gasteiger charge is -2.56. The van der Waals surface area contributed by atoms with Gasteiger partial charge in [-0.05, 0) is 105 Å². The Morgan fingerprint density at radius 2 is 2.06 bits per heavy atom. The van der Waals surface area contributed by atoms with E-state index in [9.17, 15) is 15.0 Å². The maximum atomic E-state index is 12.3. The summed E-state index contributed by atoms with van der Waals surface area (Å²) in [4.78, 5) is 12.3. The van der Waals surface area contributed by atoms with Gasteiger partial charge in [0.05, 0.1) is 5.60 Å². The summed E-state index contributed by atoms with van der Waals surface area (Å²) in [5.41, 5.74) is 1.85. The molecule has 5 rings (SSSR count). The van der Waals surface area contributed by atoms with Gasteiger partial charge in [-0.2, -0.15) is 0 Å². The number of phenols is 1. The topological polar surface area (TPSA) is 69.6 Å². The van der Waals surface area contributed by atoms with Crippen LogP contribution in [0, 0.1) is 29.1 Å². The first kappa shape index (κ1) is 21.5. The molecule has 3 N–H and O–H groups in total. The van der Waals surface area contributed by atoms with E-state index in [1.54, 1.807) is 0 Å². The summed E-state index contributed by atoms with van der Waals surface area (Å²) in [6.45, 7) is 3.40. The molecule has 1 aromatic rings. The Labute approximate surface area is 186 Å². The highest BCUT2D eigenvalue weighted by Crippen LogP contribution is 2.70. The zero-order valence-corrected chi connectivity index (χ0v) is 19.2. The maximum Gasteiger partial charge on any atom is 0.136 e. The number of aliphatic hydroxyl groups is 1. The molecule has 0 spiro atoms. The normalized spacial score (nSPS) is 40.9. The number of ketones is 1. The van der Waals surface area contributed by atoms with Gasteiger partial charge in [-0.3, -0.25) is 4.79 Å². The molecule has 4 aliphatic carbocycles. The third-order valence-electron chi connectivity index (χ3n) is 9.87. The molecular weight excluding hydrogens is 386 g/mol. The van der Waals surface area contributed by atoms with Crippen LogP contribution in [0.25, 0.3) is 0 Å². The molecule has 0 amide bonds. The summed E-state index contributed by atoms with van der Waals surface area (Å²) in [6, 6.07) is 6.04. The third-order valence-corrected chi connectivity index (χ3v) is 9.87. The molecule has 0 saturated heterocycles. The van der Waals surface area contributed by atoms with Crippen LogP contribution < -0.4 is 5.32 Å². The van der Waals surface area contributed by atoms with Crippen molar-refractivity contribution in [2.75, 3.05) is 13.6 Å². The van der Waals surface area contributed by atoms with Crippen LogP contribution in [0.1, 0.15) is 81.8 Å². The molecule has 1 aromatic carbocycles. The standard InChI is InChI=1S/C27H39NO3/c1-26-15-18(6-4-3-5-11-28-2)25-22-10-8-20(29)12-17(22)7-9-23(25)24(26)14-19-13-21(30)16-27(19,26)31/h8,10,12,18-19,23-25,28-29,31H,3-7,9,11,13-16H2,1-2H3/t18-,19+,23?,24?,25?,26-,27-/m0/s1. The number of Topliss-reactive ketones (excluding diaryl/α,β-unsaturated/α-hetero) is 1. The van der Waals surface area contributed by atoms with Crippen LogP contribution in [-0.2, 0) is 11.2 Å². The van der Waals surface area contributed by atoms with Crippen molar-refractivity contribution < 1.29 is 15.0 Å². The fourth-order valence-electron chi connectivity index (χ4n) is 8.53. The Morgan fingerprint density at radius 1 is 1.23 bits per heavy atom. The van der Waals surface area contributed by atoms with Gasteiger partial charge in [0.15, 0.2) is 0 Å². The van der Waals surface area contributed by atoms with Crippen LogP contribution in [-0.4, -0.2) is 35.2 Å². The number of unbranched alkanes of at least 4 members (excludes halogenated alkanes) is 2. The molecule has 170 valence electrons. The first-order valence-electron chi connectivity index (χ1n) is 12.6. The van der Waals surface area contributed by atoms with Gasteiger partial charge >= 0.3 is 0 Å². The van der Waals surface area contributed by atoms with Gasteiger partial charge < -0.3 is 15.5 Å². The van der Waals surface area contributed by atoms with Crippen LogP contribution in [0.15, 0.2) is 18.2 Å². The van der Waals surface area contributed by atoms with Crippen LogP contribution in [0.3, 0.4) is 0 Å². The molecule has 4 aliphatic rings. The summed E-state index contributed by atoms with van der Waals surface area (Å²) < 4.78 is 0. The van der Waals surface area contributed by atoms with Gasteiger partial charge in [0.2, 0.25) is 0 Å². The summed E-state index contributed by atoms with van der Waals surface area (Å²) >= 11 is 0. The van der Waals surface area contributed by atoms with E-state index in [4.69, 9.17) is 0 Å². The predicted molar refractivity (Wildman–Crippen MR) is 122 cm³/mol. The number of carbonyl (C=O) groups excluding carboxylic acids is 1. The maximum absolute atomic E-state index is 12.3. The quantitative estimate of drug-likeness (QED) is 0.584. The highest BCUT2D eigenvalue weighted by atomic mass is 16.3. The molecule has 3 saturated carbocycles. The van der Waals surface area contributed by atoms with E-state index in [1.807, 2.05) is 19.2 Å². The number of nitrogens with one attached hydrogen (secondary N) is 1. The SMILES string of the molecule is CNCCCCC[C@H]1C[C@@]2(C)C(C[C@H]3CC(=O)C[C@]32O)C2CCc3cc(O)ccc3C21. The predicted octanol–water partition coefficient (Wildman–Crippen LogP) is 4.57. The molecule has 4 heteroatoms. The molecule has 0 aromatic heterocycles. The summed E-state index contributed by atoms with van der Waals surface area (Å²) in [6.07, 6.45) is 10.1. The zero-order chi connectivity index (χ0) is 21.8. The Balaban J connectivity index is 1.47. The largest absolute Gasteiger partial charge is 0.508 e. The first-order valence-corrected chi connectivity index (χ1v) is 12.6. The zero-order valence-electron chi connectivity index (χ0n) is 19.2. The van der Waals surface area contributed by atoms with Crippen LogP contribution >= 0.6 is 0 Å². The number of aryl methyl sites for hydroxylation is 1. The van der Waals surface area contributed by atoms with E-state index in [0.29, 0.717) is 42.3 Å². The molecule has 3 unspecified atom stereocenters. The molecule has 0 aliphatic heterocycles. The minimum Gasteiger partial charge on any atom is -0.508 e. The van der Waals surface area contributed by atoms with E-state index in [1.165, 1.54) is 36.8 Å². The number of hydrogen-bond donors (Lipinski definition) is 3. The number of phenolic OH excluding ortho intramolecular Hbond substituents is 1. The summed E-state index contributed by atoms with van der Waals surface area (Å²) in [7, 11) is 2.02. The molecule has 3 fully saturated rings. The van der Waals surface area contributed by atoms with Gasteiger partial charge in [-0.25, -0.2) is 0 Å². The molecule has 7 atom stereocenters. The smallest absolute Gasteiger partial charge is 0.136 e. The summed E-state index contributed by atoms with van der Waals surface area (Å²) in [5.74, 6) is 2.97. The lowest BCUT2D eigenvalue weighted by atomic mass is 9.49. The van der Waals surface area contributed by atoms with Gasteiger partial charge in [0.1, 0.15) is 11.5 Å². The molecule has 0 heterocycles. The Morgan fingerprint density at radius 3 is 2.87 bits per heavy atom. The van der Waals surface area contributed by atoms with Crippen molar-refractivity contribution in [3.63, 3.8) is 0 Å². The first-order chi connectivity index (χ1) is 14.9. The van der Waals surface area contributed by atoms with Crippen molar-refractivity contribution in [1.82, 2.24) is 5.32 Å². The lowest BCUT2D eigenvalue weighted by Crippen LogP contribution is -2.54. The minimum atomic E-state index is -0.792. The van der Waals surface area contributed by atoms with Gasteiger partial charge in [-0.15, -0.1) is 0 Å². The van der Waals surface area contributed by atoms with Crippen molar-refractivity contribution >= 4 is 5.78 Å². The average molecular weight is 426 g/mol. The Hall–Kier alpha value is -1.39. The number of hydrogen-bond acceptors (Lipinski definition) is 4. The second-order valence-corrected chi connectivity index (χ2v) is 11.3. The second kappa shape index (κ2) is 7.88. The van der Waals surface area contributed by atoms with Crippen molar-refractivity contribution in [2.45, 2.75) is 82.7 Å². The monoisotopic (exact) mass is 425 g/mol. The number of carbonyl (C=O) groups is 1. The van der Waals surface area contributed by atoms with E-state index in [2.05, 4.69) is 18.3 Å². The van der Waals surface area contributed by atoms with Crippen LogP contribution in [0.2, 0.25) is 0 Å². The Bertz CT molecular complexity index is 853.